The number of benzene rings is 2. The van der Waals surface area contributed by atoms with Gasteiger partial charge in [-0.05, 0) is 43.9 Å². The minimum absolute atomic E-state index is 0.0449. The molecule has 1 heterocycles. The van der Waals surface area contributed by atoms with E-state index in [1.165, 1.54) is 16.4 Å². The minimum Gasteiger partial charge on any atom is -0.266 e. The Bertz CT molecular complexity index is 893. The molecule has 6 nitrogen and oxygen atoms in total. The van der Waals surface area contributed by atoms with Crippen LogP contribution in [0.5, 0.6) is 0 Å². The van der Waals surface area contributed by atoms with E-state index in [2.05, 4.69) is 0 Å². The number of aryl methyl sites for hydroxylation is 2. The number of rotatable bonds is 3. The fourth-order valence-corrected chi connectivity index (χ4v) is 4.54. The molecule has 1 aliphatic rings. The van der Waals surface area contributed by atoms with Crippen molar-refractivity contribution in [3.05, 3.63) is 63.7 Å². The van der Waals surface area contributed by atoms with Gasteiger partial charge in [-0.15, -0.1) is 0 Å². The molecule has 24 heavy (non-hydrogen) atoms. The minimum atomic E-state index is -3.84. The standard InChI is InChI=1S/C17H18N2O4S/c1-13-9-10-15(12-17(13)19(20)21)24(22,23)18-11-5-4-7-14-6-2-3-8-16(14)18/h2-3,6,8-10,12H,4-5,7,11H2,1H3. The van der Waals surface area contributed by atoms with Crippen molar-refractivity contribution in [2.75, 3.05) is 10.8 Å². The SMILES string of the molecule is Cc1ccc(S(=O)(=O)N2CCCCc3ccccc32)cc1[N+](=O)[O-]. The molecule has 0 unspecified atom stereocenters. The molecule has 0 saturated carbocycles. The highest BCUT2D eigenvalue weighted by Crippen LogP contribution is 2.32. The Morgan fingerprint density at radius 1 is 1.12 bits per heavy atom. The van der Waals surface area contributed by atoms with Crippen LogP contribution in [0.3, 0.4) is 0 Å². The highest BCUT2D eigenvalue weighted by Gasteiger charge is 2.29. The zero-order chi connectivity index (χ0) is 17.3. The molecule has 0 radical (unpaired) electrons. The van der Waals surface area contributed by atoms with E-state index in [1.807, 2.05) is 18.2 Å². The van der Waals surface area contributed by atoms with Crippen molar-refractivity contribution in [1.82, 2.24) is 0 Å². The molecule has 2 aromatic rings. The van der Waals surface area contributed by atoms with Crippen molar-refractivity contribution >= 4 is 21.4 Å². The second-order valence-corrected chi connectivity index (χ2v) is 7.73. The summed E-state index contributed by atoms with van der Waals surface area (Å²) in [6.07, 6.45) is 2.50. The summed E-state index contributed by atoms with van der Waals surface area (Å²) in [5.74, 6) is 0. The lowest BCUT2D eigenvalue weighted by molar-refractivity contribution is -0.385. The zero-order valence-corrected chi connectivity index (χ0v) is 14.1. The Morgan fingerprint density at radius 3 is 2.62 bits per heavy atom. The summed E-state index contributed by atoms with van der Waals surface area (Å²) in [6, 6.07) is 11.5. The monoisotopic (exact) mass is 346 g/mol. The summed E-state index contributed by atoms with van der Waals surface area (Å²) in [5, 5.41) is 11.1. The van der Waals surface area contributed by atoms with Gasteiger partial charge in [-0.25, -0.2) is 8.42 Å². The van der Waals surface area contributed by atoms with E-state index < -0.39 is 14.9 Å². The zero-order valence-electron chi connectivity index (χ0n) is 13.3. The molecular weight excluding hydrogens is 328 g/mol. The number of nitro benzene ring substituents is 1. The van der Waals surface area contributed by atoms with Gasteiger partial charge in [0.1, 0.15) is 0 Å². The Kier molecular flexibility index (Phi) is 4.28. The summed E-state index contributed by atoms with van der Waals surface area (Å²) >= 11 is 0. The number of sulfonamides is 1. The summed E-state index contributed by atoms with van der Waals surface area (Å²) < 4.78 is 27.6. The van der Waals surface area contributed by atoms with E-state index in [1.54, 1.807) is 13.0 Å². The van der Waals surface area contributed by atoms with Crippen LogP contribution in [0.2, 0.25) is 0 Å². The highest BCUT2D eigenvalue weighted by atomic mass is 32.2. The maximum atomic E-state index is 13.1. The molecule has 0 N–H and O–H groups in total. The molecule has 0 bridgehead atoms. The smallest absolute Gasteiger partial charge is 0.266 e. The van der Waals surface area contributed by atoms with Crippen LogP contribution in [0.25, 0.3) is 0 Å². The van der Waals surface area contributed by atoms with Crippen molar-refractivity contribution in [1.29, 1.82) is 0 Å². The van der Waals surface area contributed by atoms with Crippen molar-refractivity contribution in [2.45, 2.75) is 31.1 Å². The van der Waals surface area contributed by atoms with Gasteiger partial charge in [0.05, 0.1) is 15.5 Å². The Balaban J connectivity index is 2.11. The van der Waals surface area contributed by atoms with Gasteiger partial charge in [-0.1, -0.05) is 24.3 Å². The van der Waals surface area contributed by atoms with Crippen LogP contribution in [0, 0.1) is 17.0 Å². The van der Waals surface area contributed by atoms with E-state index in [4.69, 9.17) is 0 Å². The fourth-order valence-electron chi connectivity index (χ4n) is 2.98. The first-order valence-electron chi connectivity index (χ1n) is 7.77. The van der Waals surface area contributed by atoms with Crippen molar-refractivity contribution in [2.24, 2.45) is 0 Å². The lowest BCUT2D eigenvalue weighted by Gasteiger charge is -2.24. The summed E-state index contributed by atoms with van der Waals surface area (Å²) in [6.45, 7) is 1.97. The first kappa shape index (κ1) is 16.4. The molecule has 0 aromatic heterocycles. The Morgan fingerprint density at radius 2 is 1.88 bits per heavy atom. The lowest BCUT2D eigenvalue weighted by atomic mass is 10.1. The van der Waals surface area contributed by atoms with Crippen molar-refractivity contribution < 1.29 is 13.3 Å². The third kappa shape index (κ3) is 2.87. The van der Waals surface area contributed by atoms with Crippen molar-refractivity contribution in [3.8, 4) is 0 Å². The molecule has 0 fully saturated rings. The molecule has 2 aromatic carbocycles. The number of nitrogens with zero attached hydrogens (tertiary/aromatic N) is 2. The van der Waals surface area contributed by atoms with Crippen LogP contribution >= 0.6 is 0 Å². The molecule has 0 amide bonds. The number of para-hydroxylation sites is 1. The van der Waals surface area contributed by atoms with Gasteiger partial charge in [0.2, 0.25) is 0 Å². The average Bonchev–Trinajstić information content (AvgIpc) is 2.77. The Labute approximate surface area is 140 Å². The van der Waals surface area contributed by atoms with E-state index in [0.29, 0.717) is 17.8 Å². The average molecular weight is 346 g/mol. The molecule has 7 heteroatoms. The number of hydrogen-bond donors (Lipinski definition) is 0. The fraction of sp³-hybridized carbons (Fsp3) is 0.294. The maximum Gasteiger partial charge on any atom is 0.273 e. The van der Waals surface area contributed by atoms with Crippen LogP contribution < -0.4 is 4.31 Å². The second kappa shape index (κ2) is 6.24. The van der Waals surface area contributed by atoms with Gasteiger partial charge in [-0.3, -0.25) is 14.4 Å². The van der Waals surface area contributed by atoms with Gasteiger partial charge in [-0.2, -0.15) is 0 Å². The van der Waals surface area contributed by atoms with E-state index in [-0.39, 0.29) is 10.6 Å². The van der Waals surface area contributed by atoms with Gasteiger partial charge >= 0.3 is 0 Å². The first-order chi connectivity index (χ1) is 11.4. The summed E-state index contributed by atoms with van der Waals surface area (Å²) in [7, 11) is -3.84. The quantitative estimate of drug-likeness (QED) is 0.630. The van der Waals surface area contributed by atoms with Gasteiger partial charge in [0.25, 0.3) is 15.7 Å². The molecule has 0 spiro atoms. The maximum absolute atomic E-state index is 13.1. The van der Waals surface area contributed by atoms with E-state index in [9.17, 15) is 18.5 Å². The van der Waals surface area contributed by atoms with E-state index >= 15 is 0 Å². The third-order valence-electron chi connectivity index (χ3n) is 4.28. The van der Waals surface area contributed by atoms with E-state index in [0.717, 1.165) is 30.9 Å². The predicted molar refractivity (Wildman–Crippen MR) is 91.7 cm³/mol. The van der Waals surface area contributed by atoms with Crippen LogP contribution in [0.1, 0.15) is 24.0 Å². The first-order valence-corrected chi connectivity index (χ1v) is 9.21. The number of fused-ring (bicyclic) bond motifs is 1. The molecule has 0 atom stereocenters. The molecule has 126 valence electrons. The highest BCUT2D eigenvalue weighted by molar-refractivity contribution is 7.92. The molecule has 1 aliphatic heterocycles. The van der Waals surface area contributed by atoms with Crippen LogP contribution in [-0.2, 0) is 16.4 Å². The Hall–Kier alpha value is -2.41. The van der Waals surface area contributed by atoms with Crippen LogP contribution in [0.4, 0.5) is 11.4 Å². The normalized spacial score (nSPS) is 14.8. The molecule has 3 rings (SSSR count). The summed E-state index contributed by atoms with van der Waals surface area (Å²) in [4.78, 5) is 10.5. The largest absolute Gasteiger partial charge is 0.273 e. The number of nitro groups is 1. The molecular formula is C17H18N2O4S. The predicted octanol–water partition coefficient (Wildman–Crippen LogP) is 3.43. The number of hydrogen-bond acceptors (Lipinski definition) is 4. The third-order valence-corrected chi connectivity index (χ3v) is 6.09. The van der Waals surface area contributed by atoms with Gasteiger partial charge in [0, 0.05) is 18.2 Å². The van der Waals surface area contributed by atoms with Gasteiger partial charge < -0.3 is 0 Å². The second-order valence-electron chi connectivity index (χ2n) is 5.87. The summed E-state index contributed by atoms with van der Waals surface area (Å²) in [5.41, 5.74) is 1.91. The molecule has 0 saturated heterocycles. The van der Waals surface area contributed by atoms with Gasteiger partial charge in [0.15, 0.2) is 0 Å². The number of anilines is 1. The molecule has 0 aliphatic carbocycles. The van der Waals surface area contributed by atoms with Crippen LogP contribution in [0.15, 0.2) is 47.4 Å². The lowest BCUT2D eigenvalue weighted by Crippen LogP contribution is -2.31. The van der Waals surface area contributed by atoms with Crippen molar-refractivity contribution in [3.63, 3.8) is 0 Å². The topological polar surface area (TPSA) is 80.5 Å². The van der Waals surface area contributed by atoms with Crippen LogP contribution in [-0.4, -0.2) is 19.9 Å².